The molecule has 2 heteroatoms. The number of hydrogen-bond acceptors (Lipinski definition) is 2. The van der Waals surface area contributed by atoms with Gasteiger partial charge in [0.1, 0.15) is 0 Å². The molecule has 0 aromatic rings. The third-order valence-electron chi connectivity index (χ3n) is 8.55. The van der Waals surface area contributed by atoms with E-state index in [9.17, 15) is 5.11 Å². The molecule has 0 aliphatic heterocycles. The predicted molar refractivity (Wildman–Crippen MR) is 93.2 cm³/mol. The van der Waals surface area contributed by atoms with E-state index in [1.54, 1.807) is 7.11 Å². The maximum absolute atomic E-state index is 10.8. The first-order chi connectivity index (χ1) is 11.0. The van der Waals surface area contributed by atoms with Crippen molar-refractivity contribution in [3.8, 4) is 0 Å². The van der Waals surface area contributed by atoms with Crippen molar-refractivity contribution in [3.05, 3.63) is 0 Å². The number of hydrogen-bond donors (Lipinski definition) is 1. The van der Waals surface area contributed by atoms with E-state index in [0.29, 0.717) is 12.0 Å². The summed E-state index contributed by atoms with van der Waals surface area (Å²) in [7, 11) is 1.73. The van der Waals surface area contributed by atoms with Crippen molar-refractivity contribution in [1.82, 2.24) is 0 Å². The van der Waals surface area contributed by atoms with Gasteiger partial charge < -0.3 is 9.84 Å². The van der Waals surface area contributed by atoms with E-state index < -0.39 is 5.60 Å². The fourth-order valence-corrected chi connectivity index (χ4v) is 7.52. The fraction of sp³-hybridized carbons (Fsp3) is 1.00. The molecule has 4 fully saturated rings. The number of ether oxygens (including phenoxy) is 1. The first-order valence-corrected chi connectivity index (χ1v) is 10.3. The van der Waals surface area contributed by atoms with Gasteiger partial charge in [0, 0.05) is 7.11 Å². The minimum atomic E-state index is -0.531. The Hall–Kier alpha value is -0.0800. The molecule has 0 saturated heterocycles. The molecule has 23 heavy (non-hydrogen) atoms. The van der Waals surface area contributed by atoms with Crippen molar-refractivity contribution >= 4 is 0 Å². The van der Waals surface area contributed by atoms with Crippen LogP contribution in [0.3, 0.4) is 0 Å². The van der Waals surface area contributed by atoms with Gasteiger partial charge in [-0.25, -0.2) is 0 Å². The summed E-state index contributed by atoms with van der Waals surface area (Å²) in [6.07, 6.45) is 14.9. The molecule has 4 rings (SSSR count). The Balaban J connectivity index is 1.49. The zero-order valence-corrected chi connectivity index (χ0v) is 15.2. The summed E-state index contributed by atoms with van der Waals surface area (Å²) in [5, 5.41) is 10.8. The van der Waals surface area contributed by atoms with Crippen molar-refractivity contribution in [3.63, 3.8) is 0 Å². The number of methoxy groups -OCH3 is 1. The molecule has 2 nitrogen and oxygen atoms in total. The highest BCUT2D eigenvalue weighted by Gasteiger charge is 2.53. The van der Waals surface area contributed by atoms with E-state index in [0.717, 1.165) is 42.4 Å². The number of rotatable bonds is 2. The van der Waals surface area contributed by atoms with Crippen LogP contribution in [0.15, 0.2) is 0 Å². The van der Waals surface area contributed by atoms with Gasteiger partial charge in [0.2, 0.25) is 0 Å². The lowest BCUT2D eigenvalue weighted by atomic mass is 9.47. The third kappa shape index (κ3) is 2.78. The lowest BCUT2D eigenvalue weighted by Gasteiger charge is -2.59. The summed E-state index contributed by atoms with van der Waals surface area (Å²) in [5.74, 6) is 4.65. The van der Waals surface area contributed by atoms with Crippen LogP contribution in [-0.2, 0) is 4.74 Å². The molecule has 0 amide bonds. The van der Waals surface area contributed by atoms with Crippen molar-refractivity contribution in [2.45, 2.75) is 83.2 Å². The molecule has 0 bridgehead atoms. The van der Waals surface area contributed by atoms with Crippen LogP contribution in [0.1, 0.15) is 77.6 Å². The minimum Gasteiger partial charge on any atom is -0.387 e. The average molecular weight is 321 g/mol. The van der Waals surface area contributed by atoms with Gasteiger partial charge in [0.15, 0.2) is 0 Å². The van der Waals surface area contributed by atoms with E-state index in [4.69, 9.17) is 4.74 Å². The van der Waals surface area contributed by atoms with Crippen LogP contribution in [-0.4, -0.2) is 24.4 Å². The Kier molecular flexibility index (Phi) is 4.29. The Morgan fingerprint density at radius 1 is 0.913 bits per heavy atom. The van der Waals surface area contributed by atoms with E-state index >= 15 is 0 Å². The van der Waals surface area contributed by atoms with E-state index in [2.05, 4.69) is 6.92 Å². The zero-order valence-electron chi connectivity index (χ0n) is 15.2. The van der Waals surface area contributed by atoms with Crippen LogP contribution in [0.25, 0.3) is 0 Å². The van der Waals surface area contributed by atoms with Gasteiger partial charge in [-0.05, 0) is 92.8 Å². The van der Waals surface area contributed by atoms with Crippen LogP contribution >= 0.6 is 0 Å². The first-order valence-electron chi connectivity index (χ1n) is 10.3. The van der Waals surface area contributed by atoms with Gasteiger partial charge >= 0.3 is 0 Å². The highest BCUT2D eigenvalue weighted by molar-refractivity contribution is 5.03. The van der Waals surface area contributed by atoms with Gasteiger partial charge in [0.25, 0.3) is 0 Å². The third-order valence-corrected chi connectivity index (χ3v) is 8.55. The van der Waals surface area contributed by atoms with E-state index in [1.165, 1.54) is 57.8 Å². The SMILES string of the molecule is COC[C@@]1(O)CC[C@H]2[C@H](CC[C@@H]3[C@@H]2CC[C@]2(C)CCCC[C@@H]32)C1. The Morgan fingerprint density at radius 3 is 2.57 bits per heavy atom. The lowest BCUT2D eigenvalue weighted by Crippen LogP contribution is -2.52. The van der Waals surface area contributed by atoms with Crippen molar-refractivity contribution in [1.29, 1.82) is 0 Å². The van der Waals surface area contributed by atoms with Crippen molar-refractivity contribution < 1.29 is 9.84 Å². The molecular weight excluding hydrogens is 284 g/mol. The highest BCUT2D eigenvalue weighted by Crippen LogP contribution is 2.61. The van der Waals surface area contributed by atoms with Crippen LogP contribution in [0.5, 0.6) is 0 Å². The average Bonchev–Trinajstić information content (AvgIpc) is 2.53. The summed E-state index contributed by atoms with van der Waals surface area (Å²) < 4.78 is 5.30. The molecule has 0 unspecified atom stereocenters. The Morgan fingerprint density at radius 2 is 1.74 bits per heavy atom. The summed E-state index contributed by atoms with van der Waals surface area (Å²) in [5.41, 5.74) is 0.133. The molecule has 0 radical (unpaired) electrons. The van der Waals surface area contributed by atoms with Gasteiger partial charge in [-0.15, -0.1) is 0 Å². The molecule has 7 atom stereocenters. The fourth-order valence-electron chi connectivity index (χ4n) is 7.52. The molecule has 0 aromatic heterocycles. The second kappa shape index (κ2) is 6.02. The standard InChI is InChI=1S/C21H36O2/c1-20-10-4-3-5-19(20)18-7-6-15-13-21(22,14-23-2)12-9-16(15)17(18)8-11-20/h15-19,22H,3-14H2,1-2H3/t15-,16+,17-,18-,19+,20+,21-/m1/s1. The minimum absolute atomic E-state index is 0.531. The normalized spacial score (nSPS) is 53.1. The largest absolute Gasteiger partial charge is 0.387 e. The second-order valence-electron chi connectivity index (χ2n) is 9.77. The smallest absolute Gasteiger partial charge is 0.0882 e. The number of fused-ring (bicyclic) bond motifs is 5. The lowest BCUT2D eigenvalue weighted by molar-refractivity contribution is -0.130. The van der Waals surface area contributed by atoms with Gasteiger partial charge in [-0.3, -0.25) is 0 Å². The Bertz CT molecular complexity index is 436. The molecule has 132 valence electrons. The molecule has 0 spiro atoms. The summed E-state index contributed by atoms with van der Waals surface area (Å²) in [4.78, 5) is 0. The van der Waals surface area contributed by atoms with Crippen LogP contribution in [0, 0.1) is 35.0 Å². The summed E-state index contributed by atoms with van der Waals surface area (Å²) in [6.45, 7) is 3.14. The van der Waals surface area contributed by atoms with Gasteiger partial charge in [-0.1, -0.05) is 19.8 Å². The van der Waals surface area contributed by atoms with E-state index in [-0.39, 0.29) is 0 Å². The topological polar surface area (TPSA) is 29.5 Å². The maximum atomic E-state index is 10.8. The molecule has 0 aromatic carbocycles. The quantitative estimate of drug-likeness (QED) is 0.792. The van der Waals surface area contributed by atoms with Crippen molar-refractivity contribution in [2.24, 2.45) is 35.0 Å². The maximum Gasteiger partial charge on any atom is 0.0882 e. The summed E-state index contributed by atoms with van der Waals surface area (Å²) in [6, 6.07) is 0. The van der Waals surface area contributed by atoms with Gasteiger partial charge in [-0.2, -0.15) is 0 Å². The molecule has 4 saturated carbocycles. The highest BCUT2D eigenvalue weighted by atomic mass is 16.5. The van der Waals surface area contributed by atoms with Crippen LogP contribution in [0.2, 0.25) is 0 Å². The molecular formula is C21H36O2. The first kappa shape index (κ1) is 16.4. The molecule has 1 N–H and O–H groups in total. The Labute approximate surface area is 142 Å². The van der Waals surface area contributed by atoms with E-state index in [1.807, 2.05) is 0 Å². The summed E-state index contributed by atoms with van der Waals surface area (Å²) >= 11 is 0. The van der Waals surface area contributed by atoms with Crippen LogP contribution in [0.4, 0.5) is 0 Å². The molecule has 4 aliphatic rings. The van der Waals surface area contributed by atoms with Crippen molar-refractivity contribution in [2.75, 3.05) is 13.7 Å². The second-order valence-corrected chi connectivity index (χ2v) is 9.77. The monoisotopic (exact) mass is 320 g/mol. The molecule has 0 heterocycles. The zero-order chi connectivity index (χ0) is 16.1. The van der Waals surface area contributed by atoms with Crippen LogP contribution < -0.4 is 0 Å². The molecule has 4 aliphatic carbocycles. The number of aliphatic hydroxyl groups is 1. The van der Waals surface area contributed by atoms with Gasteiger partial charge in [0.05, 0.1) is 12.2 Å². The predicted octanol–water partition coefficient (Wildman–Crippen LogP) is 4.80.